The number of esters is 1. The van der Waals surface area contributed by atoms with Crippen LogP contribution >= 0.6 is 0 Å². The van der Waals surface area contributed by atoms with Crippen LogP contribution in [0.4, 0.5) is 0 Å². The highest BCUT2D eigenvalue weighted by Gasteiger charge is 2.36. The van der Waals surface area contributed by atoms with Gasteiger partial charge in [0.05, 0.1) is 6.26 Å². The Morgan fingerprint density at radius 1 is 1.20 bits per heavy atom. The fourth-order valence-electron chi connectivity index (χ4n) is 1.48. The zero-order valence-corrected chi connectivity index (χ0v) is 15.3. The molecule has 4 heteroatoms. The average molecular weight is 301 g/mol. The number of rotatable bonds is 8. The first kappa shape index (κ1) is 19.4. The summed E-state index contributed by atoms with van der Waals surface area (Å²) in [4.78, 5) is 10.8. The highest BCUT2D eigenvalue weighted by molar-refractivity contribution is 6.74. The van der Waals surface area contributed by atoms with Gasteiger partial charge in [-0.1, -0.05) is 27.7 Å². The minimum absolute atomic E-state index is 0.253. The van der Waals surface area contributed by atoms with Gasteiger partial charge in [0.25, 0.3) is 0 Å². The van der Waals surface area contributed by atoms with E-state index in [2.05, 4.69) is 40.8 Å². The Hall–Kier alpha value is -0.613. The molecular weight excluding hydrogens is 268 g/mol. The van der Waals surface area contributed by atoms with Crippen molar-refractivity contribution in [2.45, 2.75) is 78.4 Å². The number of hydrogen-bond donors (Lipinski definition) is 0. The van der Waals surface area contributed by atoms with Gasteiger partial charge in [-0.25, -0.2) is 0 Å². The van der Waals surface area contributed by atoms with E-state index < -0.39 is 8.32 Å². The summed E-state index contributed by atoms with van der Waals surface area (Å²) in [6.45, 7) is 15.7. The third-order valence-corrected chi connectivity index (χ3v) is 8.55. The third-order valence-electron chi connectivity index (χ3n) is 4.01. The zero-order valence-electron chi connectivity index (χ0n) is 14.3. The van der Waals surface area contributed by atoms with Gasteiger partial charge in [-0.05, 0) is 49.4 Å². The van der Waals surface area contributed by atoms with Crippen LogP contribution in [0, 0.1) is 0 Å². The number of ether oxygens (including phenoxy) is 1. The molecule has 118 valence electrons. The Labute approximate surface area is 125 Å². The lowest BCUT2D eigenvalue weighted by Crippen LogP contribution is -2.40. The molecule has 0 aliphatic rings. The summed E-state index contributed by atoms with van der Waals surface area (Å²) in [6, 6.07) is 0. The lowest BCUT2D eigenvalue weighted by atomic mass is 10.1. The Balaban J connectivity index is 3.97. The van der Waals surface area contributed by atoms with Crippen LogP contribution in [-0.4, -0.2) is 20.9 Å². The highest BCUT2D eigenvalue weighted by atomic mass is 28.4. The van der Waals surface area contributed by atoms with Gasteiger partial charge in [-0.3, -0.25) is 4.79 Å². The second kappa shape index (κ2) is 8.62. The average Bonchev–Trinajstić information content (AvgIpc) is 2.30. The molecule has 0 rings (SSSR count). The minimum atomic E-state index is -1.60. The molecule has 0 heterocycles. The van der Waals surface area contributed by atoms with Crippen molar-refractivity contribution in [3.8, 4) is 0 Å². The lowest BCUT2D eigenvalue weighted by Gasteiger charge is -2.36. The molecule has 0 aromatic carbocycles. The van der Waals surface area contributed by atoms with Gasteiger partial charge < -0.3 is 9.16 Å². The van der Waals surface area contributed by atoms with Crippen molar-refractivity contribution in [1.29, 1.82) is 0 Å². The molecule has 0 saturated carbocycles. The van der Waals surface area contributed by atoms with Crippen LogP contribution in [0.2, 0.25) is 18.1 Å². The summed E-state index contributed by atoms with van der Waals surface area (Å²) >= 11 is 0. The number of unbranched alkanes of at least 4 members (excludes halogenated alkanes) is 1. The normalized spacial score (nSPS) is 13.4. The van der Waals surface area contributed by atoms with Gasteiger partial charge in [-0.15, -0.1) is 0 Å². The monoisotopic (exact) mass is 300 g/mol. The van der Waals surface area contributed by atoms with Crippen molar-refractivity contribution in [1.82, 2.24) is 0 Å². The fraction of sp³-hybridized carbons (Fsp3) is 0.812. The highest BCUT2D eigenvalue weighted by Crippen LogP contribution is 2.36. The summed E-state index contributed by atoms with van der Waals surface area (Å²) < 4.78 is 11.1. The van der Waals surface area contributed by atoms with E-state index in [1.807, 2.05) is 0 Å². The fourth-order valence-corrected chi connectivity index (χ4v) is 2.57. The molecule has 0 atom stereocenters. The van der Waals surface area contributed by atoms with Gasteiger partial charge in [-0.2, -0.15) is 0 Å². The summed E-state index contributed by atoms with van der Waals surface area (Å²) in [7, 11) is -1.60. The molecule has 0 unspecified atom stereocenters. The van der Waals surface area contributed by atoms with Crippen LogP contribution in [0.3, 0.4) is 0 Å². The van der Waals surface area contributed by atoms with Crippen LogP contribution in [0.5, 0.6) is 0 Å². The van der Waals surface area contributed by atoms with Gasteiger partial charge in [0.15, 0.2) is 8.32 Å². The van der Waals surface area contributed by atoms with Gasteiger partial charge in [0.2, 0.25) is 0 Å². The van der Waals surface area contributed by atoms with E-state index in [0.29, 0.717) is 0 Å². The van der Waals surface area contributed by atoms with Crippen LogP contribution in [0.15, 0.2) is 11.8 Å². The molecule has 0 fully saturated rings. The standard InChI is InChI=1S/C16H32O3Si/c1-8-15(13-18-14(2)17)11-9-10-12-19-20(6,7)16(3,4)5/h13H,8-12H2,1-7H3/b15-13+. The van der Waals surface area contributed by atoms with E-state index in [1.54, 1.807) is 6.26 Å². The zero-order chi connectivity index (χ0) is 15.8. The second-order valence-electron chi connectivity index (χ2n) is 6.80. The molecule has 0 aliphatic carbocycles. The first-order chi connectivity index (χ1) is 9.10. The Kier molecular flexibility index (Phi) is 8.36. The predicted octanol–water partition coefficient (Wildman–Crippen LogP) is 5.04. The maximum absolute atomic E-state index is 10.8. The number of carbonyl (C=O) groups is 1. The predicted molar refractivity (Wildman–Crippen MR) is 87.1 cm³/mol. The van der Waals surface area contributed by atoms with E-state index >= 15 is 0 Å². The van der Waals surface area contributed by atoms with E-state index in [-0.39, 0.29) is 11.0 Å². The molecule has 20 heavy (non-hydrogen) atoms. The maximum Gasteiger partial charge on any atom is 0.307 e. The summed E-state index contributed by atoms with van der Waals surface area (Å²) in [6.07, 6.45) is 5.65. The Morgan fingerprint density at radius 2 is 1.80 bits per heavy atom. The van der Waals surface area contributed by atoms with Crippen molar-refractivity contribution >= 4 is 14.3 Å². The molecule has 3 nitrogen and oxygen atoms in total. The van der Waals surface area contributed by atoms with Crippen molar-refractivity contribution in [2.24, 2.45) is 0 Å². The molecule has 0 saturated heterocycles. The molecule has 0 aromatic rings. The molecule has 0 amide bonds. The number of carbonyl (C=O) groups excluding carboxylic acids is 1. The number of hydrogen-bond acceptors (Lipinski definition) is 3. The van der Waals surface area contributed by atoms with E-state index in [1.165, 1.54) is 12.5 Å². The van der Waals surface area contributed by atoms with Crippen molar-refractivity contribution in [3.63, 3.8) is 0 Å². The van der Waals surface area contributed by atoms with Crippen molar-refractivity contribution < 1.29 is 14.0 Å². The smallest absolute Gasteiger partial charge is 0.307 e. The van der Waals surface area contributed by atoms with E-state index in [9.17, 15) is 4.79 Å². The molecular formula is C16H32O3Si. The second-order valence-corrected chi connectivity index (χ2v) is 11.6. The SMILES string of the molecule is CC/C(=C\OC(C)=O)CCCCO[Si](C)(C)C(C)(C)C. The first-order valence-electron chi connectivity index (χ1n) is 7.59. The quantitative estimate of drug-likeness (QED) is 0.273. The Morgan fingerprint density at radius 3 is 2.25 bits per heavy atom. The van der Waals surface area contributed by atoms with Crippen molar-refractivity contribution in [2.75, 3.05) is 6.61 Å². The van der Waals surface area contributed by atoms with Gasteiger partial charge >= 0.3 is 5.97 Å². The molecule has 0 bridgehead atoms. The topological polar surface area (TPSA) is 35.5 Å². The van der Waals surface area contributed by atoms with Gasteiger partial charge in [0.1, 0.15) is 0 Å². The van der Waals surface area contributed by atoms with Crippen LogP contribution in [-0.2, 0) is 14.0 Å². The molecule has 0 aliphatic heterocycles. The largest absolute Gasteiger partial charge is 0.435 e. The lowest BCUT2D eigenvalue weighted by molar-refractivity contribution is -0.135. The Bertz CT molecular complexity index is 327. The minimum Gasteiger partial charge on any atom is -0.435 e. The third kappa shape index (κ3) is 7.85. The summed E-state index contributed by atoms with van der Waals surface area (Å²) in [5, 5.41) is 0.275. The summed E-state index contributed by atoms with van der Waals surface area (Å²) in [5.41, 5.74) is 1.19. The van der Waals surface area contributed by atoms with E-state index in [0.717, 1.165) is 32.3 Å². The van der Waals surface area contributed by atoms with E-state index in [4.69, 9.17) is 9.16 Å². The molecule has 0 N–H and O–H groups in total. The molecule has 0 spiro atoms. The van der Waals surface area contributed by atoms with Crippen LogP contribution < -0.4 is 0 Å². The first-order valence-corrected chi connectivity index (χ1v) is 10.5. The summed E-state index contributed by atoms with van der Waals surface area (Å²) in [5.74, 6) is -0.253. The van der Waals surface area contributed by atoms with Gasteiger partial charge in [0, 0.05) is 13.5 Å². The molecule has 0 aromatic heterocycles. The maximum atomic E-state index is 10.8. The molecule has 0 radical (unpaired) electrons. The van der Waals surface area contributed by atoms with Crippen LogP contribution in [0.25, 0.3) is 0 Å². The van der Waals surface area contributed by atoms with Crippen LogP contribution in [0.1, 0.15) is 60.3 Å². The number of allylic oxidation sites excluding steroid dienone is 1. The van der Waals surface area contributed by atoms with Crippen molar-refractivity contribution in [3.05, 3.63) is 11.8 Å².